The maximum Gasteiger partial charge on any atom is 0.343 e. The van der Waals surface area contributed by atoms with Crippen LogP contribution in [-0.2, 0) is 14.3 Å². The van der Waals surface area contributed by atoms with Crippen LogP contribution in [0.2, 0.25) is 0 Å². The van der Waals surface area contributed by atoms with Crippen LogP contribution in [0.1, 0.15) is 11.8 Å². The Hall–Kier alpha value is -1.62. The Labute approximate surface area is 91.3 Å². The predicted molar refractivity (Wildman–Crippen MR) is 58.1 cm³/mol. The first-order chi connectivity index (χ1) is 7.07. The maximum atomic E-state index is 11.3. The van der Waals surface area contributed by atoms with Crippen LogP contribution in [0.25, 0.3) is 5.70 Å². The monoisotopic (exact) mass is 225 g/mol. The third kappa shape index (κ3) is 2.44. The Kier molecular flexibility index (Phi) is 3.62. The fraction of sp³-hybridized carbons (Fsp3) is 0.200. The minimum absolute atomic E-state index is 0.0973. The van der Waals surface area contributed by atoms with Gasteiger partial charge in [-0.2, -0.15) is 0 Å². The van der Waals surface area contributed by atoms with Gasteiger partial charge in [-0.15, -0.1) is 11.3 Å². The molecule has 0 spiro atoms. The molecule has 1 aromatic rings. The Bertz CT molecular complexity index is 406. The quantitative estimate of drug-likeness (QED) is 0.363. The van der Waals surface area contributed by atoms with Crippen LogP contribution in [0.15, 0.2) is 23.1 Å². The van der Waals surface area contributed by atoms with Gasteiger partial charge in [-0.1, -0.05) is 6.07 Å². The second-order valence-electron chi connectivity index (χ2n) is 2.81. The summed E-state index contributed by atoms with van der Waals surface area (Å²) in [6, 6.07) is 3.54. The van der Waals surface area contributed by atoms with Gasteiger partial charge in [0.1, 0.15) is 5.57 Å². The lowest BCUT2D eigenvalue weighted by molar-refractivity contribution is -0.137. The fourth-order valence-corrected chi connectivity index (χ4v) is 1.79. The number of carbonyl (C=O) groups is 2. The molecule has 1 aromatic heterocycles. The Morgan fingerprint density at radius 1 is 1.47 bits per heavy atom. The van der Waals surface area contributed by atoms with Crippen molar-refractivity contribution in [2.45, 2.75) is 6.92 Å². The van der Waals surface area contributed by atoms with Crippen molar-refractivity contribution in [1.29, 1.82) is 0 Å². The van der Waals surface area contributed by atoms with Crippen molar-refractivity contribution in [2.24, 2.45) is 5.73 Å². The number of Topliss-reactive ketones (excluding diaryl/α,β-unsaturated/α-hetero) is 1. The third-order valence-electron chi connectivity index (χ3n) is 1.80. The summed E-state index contributed by atoms with van der Waals surface area (Å²) >= 11 is 1.36. The van der Waals surface area contributed by atoms with Gasteiger partial charge in [0, 0.05) is 0 Å². The smallest absolute Gasteiger partial charge is 0.343 e. The zero-order valence-electron chi connectivity index (χ0n) is 8.44. The van der Waals surface area contributed by atoms with E-state index in [1.54, 1.807) is 12.1 Å². The number of ketones is 1. The molecule has 0 bridgehead atoms. The molecule has 1 rings (SSSR count). The summed E-state index contributed by atoms with van der Waals surface area (Å²) in [4.78, 5) is 23.2. The maximum absolute atomic E-state index is 11.3. The summed E-state index contributed by atoms with van der Waals surface area (Å²) in [6.45, 7) is 1.28. The molecule has 2 N–H and O–H groups in total. The van der Waals surface area contributed by atoms with Gasteiger partial charge in [-0.3, -0.25) is 4.79 Å². The van der Waals surface area contributed by atoms with E-state index in [0.717, 1.165) is 0 Å². The van der Waals surface area contributed by atoms with Gasteiger partial charge in [0.05, 0.1) is 17.7 Å². The second-order valence-corrected chi connectivity index (χ2v) is 3.76. The van der Waals surface area contributed by atoms with E-state index in [1.165, 1.54) is 25.4 Å². The van der Waals surface area contributed by atoms with Gasteiger partial charge in [0.15, 0.2) is 5.78 Å². The largest absolute Gasteiger partial charge is 0.465 e. The lowest BCUT2D eigenvalue weighted by atomic mass is 10.1. The number of rotatable bonds is 3. The van der Waals surface area contributed by atoms with Crippen molar-refractivity contribution in [3.05, 3.63) is 28.0 Å². The first-order valence-electron chi connectivity index (χ1n) is 4.20. The number of thiophene rings is 1. The van der Waals surface area contributed by atoms with E-state index in [-0.39, 0.29) is 11.3 Å². The number of hydrogen-bond donors (Lipinski definition) is 1. The summed E-state index contributed by atoms with van der Waals surface area (Å²) in [5, 5.41) is 1.82. The minimum Gasteiger partial charge on any atom is -0.465 e. The molecule has 0 aliphatic heterocycles. The van der Waals surface area contributed by atoms with Crippen LogP contribution >= 0.6 is 11.3 Å². The molecule has 0 amide bonds. The summed E-state index contributed by atoms with van der Waals surface area (Å²) < 4.78 is 4.50. The zero-order chi connectivity index (χ0) is 11.4. The molecule has 0 atom stereocenters. The normalized spacial score (nSPS) is 11.9. The number of esters is 1. The van der Waals surface area contributed by atoms with Gasteiger partial charge in [0.25, 0.3) is 0 Å². The van der Waals surface area contributed by atoms with Crippen LogP contribution in [0.3, 0.4) is 0 Å². The summed E-state index contributed by atoms with van der Waals surface area (Å²) in [5.74, 6) is -1.10. The molecule has 80 valence electrons. The van der Waals surface area contributed by atoms with Crippen LogP contribution in [-0.4, -0.2) is 18.9 Å². The number of methoxy groups -OCH3 is 1. The Balaban J connectivity index is 3.23. The lowest BCUT2D eigenvalue weighted by Gasteiger charge is -2.05. The molecule has 0 aliphatic carbocycles. The molecule has 0 aliphatic rings. The van der Waals surface area contributed by atoms with Crippen molar-refractivity contribution in [3.8, 4) is 0 Å². The van der Waals surface area contributed by atoms with E-state index in [1.807, 2.05) is 5.38 Å². The van der Waals surface area contributed by atoms with E-state index >= 15 is 0 Å². The van der Waals surface area contributed by atoms with E-state index < -0.39 is 11.8 Å². The van der Waals surface area contributed by atoms with Gasteiger partial charge in [0.2, 0.25) is 0 Å². The van der Waals surface area contributed by atoms with Crippen molar-refractivity contribution >= 4 is 28.8 Å². The molecule has 0 unspecified atom stereocenters. The second kappa shape index (κ2) is 4.75. The first-order valence-corrected chi connectivity index (χ1v) is 5.08. The number of ether oxygens (including phenoxy) is 1. The number of hydrogen-bond acceptors (Lipinski definition) is 5. The van der Waals surface area contributed by atoms with Crippen molar-refractivity contribution in [1.82, 2.24) is 0 Å². The highest BCUT2D eigenvalue weighted by Gasteiger charge is 2.20. The van der Waals surface area contributed by atoms with E-state index in [2.05, 4.69) is 4.74 Å². The van der Waals surface area contributed by atoms with Crippen LogP contribution in [0.5, 0.6) is 0 Å². The molecule has 0 saturated heterocycles. The Morgan fingerprint density at radius 2 is 2.13 bits per heavy atom. The van der Waals surface area contributed by atoms with E-state index in [0.29, 0.717) is 4.88 Å². The highest BCUT2D eigenvalue weighted by atomic mass is 32.1. The fourth-order valence-electron chi connectivity index (χ4n) is 1.10. The molecular weight excluding hydrogens is 214 g/mol. The third-order valence-corrected chi connectivity index (χ3v) is 2.70. The number of nitrogens with two attached hydrogens (primary N) is 1. The van der Waals surface area contributed by atoms with Gasteiger partial charge in [-0.05, 0) is 18.4 Å². The lowest BCUT2D eigenvalue weighted by Crippen LogP contribution is -2.17. The minimum atomic E-state index is -0.701. The van der Waals surface area contributed by atoms with E-state index in [9.17, 15) is 9.59 Å². The summed E-state index contributed by atoms with van der Waals surface area (Å²) in [6.07, 6.45) is 0. The Morgan fingerprint density at radius 3 is 2.53 bits per heavy atom. The van der Waals surface area contributed by atoms with Crippen molar-refractivity contribution in [2.75, 3.05) is 7.11 Å². The predicted octanol–water partition coefficient (Wildman–Crippen LogP) is 1.18. The van der Waals surface area contributed by atoms with Crippen molar-refractivity contribution in [3.63, 3.8) is 0 Å². The van der Waals surface area contributed by atoms with Crippen LogP contribution in [0, 0.1) is 0 Å². The van der Waals surface area contributed by atoms with Crippen LogP contribution in [0.4, 0.5) is 0 Å². The average Bonchev–Trinajstić information content (AvgIpc) is 2.69. The highest BCUT2D eigenvalue weighted by Crippen LogP contribution is 2.20. The molecule has 0 saturated carbocycles. The molecule has 15 heavy (non-hydrogen) atoms. The molecule has 4 nitrogen and oxygen atoms in total. The summed E-state index contributed by atoms with van der Waals surface area (Å²) in [5.41, 5.74) is 5.80. The SMILES string of the molecule is COC(=O)C(C(C)=O)=C(N)c1cccs1. The topological polar surface area (TPSA) is 69.4 Å². The first kappa shape index (κ1) is 11.5. The standard InChI is InChI=1S/C10H11NO3S/c1-6(12)8(10(13)14-2)9(11)7-4-3-5-15-7/h3-5H,11H2,1-2H3. The molecule has 1 heterocycles. The van der Waals surface area contributed by atoms with Gasteiger partial charge in [-0.25, -0.2) is 4.79 Å². The van der Waals surface area contributed by atoms with E-state index in [4.69, 9.17) is 5.73 Å². The zero-order valence-corrected chi connectivity index (χ0v) is 9.26. The molecule has 5 heteroatoms. The molecule has 0 aromatic carbocycles. The van der Waals surface area contributed by atoms with Gasteiger partial charge >= 0.3 is 5.97 Å². The van der Waals surface area contributed by atoms with Gasteiger partial charge < -0.3 is 10.5 Å². The molecule has 0 radical (unpaired) electrons. The van der Waals surface area contributed by atoms with Crippen LogP contribution < -0.4 is 5.73 Å². The highest BCUT2D eigenvalue weighted by molar-refractivity contribution is 7.11. The van der Waals surface area contributed by atoms with Crippen molar-refractivity contribution < 1.29 is 14.3 Å². The summed E-state index contributed by atoms with van der Waals surface area (Å²) in [7, 11) is 1.22. The molecular formula is C10H11NO3S. The molecule has 0 fully saturated rings. The average molecular weight is 225 g/mol. The number of carbonyl (C=O) groups excluding carboxylic acids is 2.